The van der Waals surface area contributed by atoms with Crippen molar-refractivity contribution in [1.82, 2.24) is 4.31 Å². The van der Waals surface area contributed by atoms with Crippen molar-refractivity contribution in [3.8, 4) is 0 Å². The third-order valence-electron chi connectivity index (χ3n) is 3.21. The largest absolute Gasteiger partial charge is 0.457 e. The van der Waals surface area contributed by atoms with Crippen LogP contribution in [0.1, 0.15) is 15.9 Å². The van der Waals surface area contributed by atoms with Crippen molar-refractivity contribution < 1.29 is 17.9 Å². The minimum absolute atomic E-state index is 0.0398. The van der Waals surface area contributed by atoms with Gasteiger partial charge in [-0.1, -0.05) is 35.3 Å². The van der Waals surface area contributed by atoms with Gasteiger partial charge in [0.25, 0.3) is 0 Å². The standard InChI is InChI=1S/C16H15Cl2NO4S/c1-19(2)24(21,22)15-9-12(5-8-14(15)18)16(20)23-10-11-3-6-13(17)7-4-11/h3-9H,10H2,1-2H3. The van der Waals surface area contributed by atoms with Crippen LogP contribution in [-0.2, 0) is 21.4 Å². The van der Waals surface area contributed by atoms with Gasteiger partial charge in [0.1, 0.15) is 11.5 Å². The molecule has 0 N–H and O–H groups in total. The zero-order valence-electron chi connectivity index (χ0n) is 13.0. The van der Waals surface area contributed by atoms with Crippen molar-refractivity contribution in [2.45, 2.75) is 11.5 Å². The van der Waals surface area contributed by atoms with Gasteiger partial charge in [-0.15, -0.1) is 0 Å². The summed E-state index contributed by atoms with van der Waals surface area (Å²) in [7, 11) is -0.984. The van der Waals surface area contributed by atoms with Gasteiger partial charge in [0.05, 0.1) is 10.6 Å². The van der Waals surface area contributed by atoms with Crippen LogP contribution in [0.3, 0.4) is 0 Å². The van der Waals surface area contributed by atoms with Crippen molar-refractivity contribution >= 4 is 39.2 Å². The van der Waals surface area contributed by atoms with Gasteiger partial charge in [-0.2, -0.15) is 0 Å². The van der Waals surface area contributed by atoms with Crippen LogP contribution in [0.4, 0.5) is 0 Å². The van der Waals surface area contributed by atoms with Gasteiger partial charge in [0.2, 0.25) is 10.0 Å². The quantitative estimate of drug-likeness (QED) is 0.735. The van der Waals surface area contributed by atoms with Crippen LogP contribution in [0, 0.1) is 0 Å². The Balaban J connectivity index is 2.20. The van der Waals surface area contributed by atoms with E-state index in [2.05, 4.69) is 0 Å². The molecule has 0 aromatic heterocycles. The highest BCUT2D eigenvalue weighted by molar-refractivity contribution is 7.89. The Morgan fingerprint density at radius 1 is 1.08 bits per heavy atom. The van der Waals surface area contributed by atoms with Crippen LogP contribution < -0.4 is 0 Å². The predicted octanol–water partition coefficient (Wildman–Crippen LogP) is 3.60. The zero-order valence-corrected chi connectivity index (χ0v) is 15.3. The van der Waals surface area contributed by atoms with Crippen LogP contribution >= 0.6 is 23.2 Å². The van der Waals surface area contributed by atoms with Crippen molar-refractivity contribution in [2.75, 3.05) is 14.1 Å². The van der Waals surface area contributed by atoms with E-state index in [4.69, 9.17) is 27.9 Å². The second-order valence-electron chi connectivity index (χ2n) is 5.14. The number of rotatable bonds is 5. The summed E-state index contributed by atoms with van der Waals surface area (Å²) >= 11 is 11.7. The minimum Gasteiger partial charge on any atom is -0.457 e. The molecule has 0 saturated heterocycles. The molecule has 24 heavy (non-hydrogen) atoms. The maximum Gasteiger partial charge on any atom is 0.338 e. The molecule has 2 rings (SSSR count). The molecule has 0 spiro atoms. The van der Waals surface area contributed by atoms with E-state index in [1.54, 1.807) is 24.3 Å². The number of hydrogen-bond acceptors (Lipinski definition) is 4. The summed E-state index contributed by atoms with van der Waals surface area (Å²) in [5.74, 6) is -0.642. The molecule has 8 heteroatoms. The first-order chi connectivity index (χ1) is 11.2. The molecule has 2 aromatic rings. The highest BCUT2D eigenvalue weighted by Gasteiger charge is 2.22. The van der Waals surface area contributed by atoms with E-state index < -0.39 is 16.0 Å². The summed E-state index contributed by atoms with van der Waals surface area (Å²) in [5, 5.41) is 0.624. The molecule has 0 radical (unpaired) electrons. The highest BCUT2D eigenvalue weighted by atomic mass is 35.5. The first kappa shape index (κ1) is 18.7. The molecule has 0 heterocycles. The summed E-state index contributed by atoms with van der Waals surface area (Å²) in [4.78, 5) is 12.0. The lowest BCUT2D eigenvalue weighted by atomic mass is 10.2. The summed E-state index contributed by atoms with van der Waals surface area (Å²) in [5.41, 5.74) is 0.872. The number of carbonyl (C=O) groups is 1. The third-order valence-corrected chi connectivity index (χ3v) is 5.76. The highest BCUT2D eigenvalue weighted by Crippen LogP contribution is 2.25. The van der Waals surface area contributed by atoms with Gasteiger partial charge in [-0.3, -0.25) is 0 Å². The van der Waals surface area contributed by atoms with Crippen molar-refractivity contribution in [2.24, 2.45) is 0 Å². The fourth-order valence-electron chi connectivity index (χ4n) is 1.84. The summed E-state index contributed by atoms with van der Waals surface area (Å²) in [6.07, 6.45) is 0. The predicted molar refractivity (Wildman–Crippen MR) is 92.9 cm³/mol. The molecule has 2 aromatic carbocycles. The van der Waals surface area contributed by atoms with E-state index in [1.807, 2.05) is 0 Å². The normalized spacial score (nSPS) is 11.5. The average Bonchev–Trinajstić information content (AvgIpc) is 2.54. The molecule has 0 fully saturated rings. The van der Waals surface area contributed by atoms with Gasteiger partial charge < -0.3 is 4.74 Å². The van der Waals surface area contributed by atoms with Crippen molar-refractivity contribution in [1.29, 1.82) is 0 Å². The summed E-state index contributed by atoms with van der Waals surface area (Å²) < 4.78 is 30.6. The van der Waals surface area contributed by atoms with Crippen LogP contribution in [-0.4, -0.2) is 32.8 Å². The van der Waals surface area contributed by atoms with Gasteiger partial charge in [-0.25, -0.2) is 17.5 Å². The third kappa shape index (κ3) is 4.27. The van der Waals surface area contributed by atoms with Gasteiger partial charge >= 0.3 is 5.97 Å². The Morgan fingerprint density at radius 3 is 2.29 bits per heavy atom. The Bertz CT molecular complexity index is 849. The number of carbonyl (C=O) groups excluding carboxylic acids is 1. The first-order valence-electron chi connectivity index (χ1n) is 6.85. The number of hydrogen-bond donors (Lipinski definition) is 0. The molecule has 0 aliphatic rings. The van der Waals surface area contributed by atoms with Crippen LogP contribution in [0.25, 0.3) is 0 Å². The second-order valence-corrected chi connectivity index (χ2v) is 8.10. The monoisotopic (exact) mass is 387 g/mol. The van der Waals surface area contributed by atoms with Gasteiger partial charge in [0.15, 0.2) is 0 Å². The molecule has 0 aliphatic carbocycles. The van der Waals surface area contributed by atoms with Crippen molar-refractivity contribution in [3.05, 3.63) is 63.6 Å². The number of esters is 1. The fourth-order valence-corrected chi connectivity index (χ4v) is 3.36. The Hall–Kier alpha value is -1.60. The summed E-state index contributed by atoms with van der Waals surface area (Å²) in [6.45, 7) is 0.0500. The lowest BCUT2D eigenvalue weighted by Gasteiger charge is -2.13. The molecular formula is C16H15Cl2NO4S. The number of nitrogens with zero attached hydrogens (tertiary/aromatic N) is 1. The second kappa shape index (κ2) is 7.53. The molecule has 0 unspecified atom stereocenters. The number of halogens is 2. The Kier molecular flexibility index (Phi) is 5.87. The molecule has 0 atom stereocenters. The van der Waals surface area contributed by atoms with Crippen LogP contribution in [0.5, 0.6) is 0 Å². The maximum atomic E-state index is 12.2. The average molecular weight is 388 g/mol. The molecule has 0 amide bonds. The molecule has 128 valence electrons. The van der Waals surface area contributed by atoms with Crippen LogP contribution in [0.2, 0.25) is 10.0 Å². The molecule has 0 aliphatic heterocycles. The molecular weight excluding hydrogens is 373 g/mol. The van der Waals surface area contributed by atoms with E-state index in [9.17, 15) is 13.2 Å². The first-order valence-corrected chi connectivity index (χ1v) is 9.05. The fraction of sp³-hybridized carbons (Fsp3) is 0.188. The SMILES string of the molecule is CN(C)S(=O)(=O)c1cc(C(=O)OCc2ccc(Cl)cc2)ccc1Cl. The Morgan fingerprint density at radius 2 is 1.71 bits per heavy atom. The van der Waals surface area contributed by atoms with E-state index in [0.29, 0.717) is 5.02 Å². The number of benzene rings is 2. The molecule has 0 saturated carbocycles. The van der Waals surface area contributed by atoms with E-state index in [1.165, 1.54) is 32.3 Å². The van der Waals surface area contributed by atoms with Gasteiger partial charge in [-0.05, 0) is 35.9 Å². The van der Waals surface area contributed by atoms with E-state index in [0.717, 1.165) is 9.87 Å². The lowest BCUT2D eigenvalue weighted by Crippen LogP contribution is -2.23. The minimum atomic E-state index is -3.76. The van der Waals surface area contributed by atoms with Crippen molar-refractivity contribution in [3.63, 3.8) is 0 Å². The molecule has 0 bridgehead atoms. The topological polar surface area (TPSA) is 63.7 Å². The number of sulfonamides is 1. The van der Waals surface area contributed by atoms with Gasteiger partial charge in [0, 0.05) is 19.1 Å². The Labute approximate surface area is 150 Å². The molecule has 5 nitrogen and oxygen atoms in total. The van der Waals surface area contributed by atoms with E-state index >= 15 is 0 Å². The maximum absolute atomic E-state index is 12.2. The zero-order chi connectivity index (χ0) is 17.9. The van der Waals surface area contributed by atoms with Crippen LogP contribution in [0.15, 0.2) is 47.4 Å². The summed E-state index contributed by atoms with van der Waals surface area (Å²) in [6, 6.07) is 10.8. The smallest absolute Gasteiger partial charge is 0.338 e. The lowest BCUT2D eigenvalue weighted by molar-refractivity contribution is 0.0472. The van der Waals surface area contributed by atoms with E-state index in [-0.39, 0.29) is 22.1 Å². The number of ether oxygens (including phenoxy) is 1.